The van der Waals surface area contributed by atoms with Crippen LogP contribution >= 0.6 is 0 Å². The number of fused-ring (bicyclic) bond motifs is 2. The Morgan fingerprint density at radius 2 is 1.50 bits per heavy atom. The number of carbonyl (C=O) groups is 3. The zero-order chi connectivity index (χ0) is 34.6. The summed E-state index contributed by atoms with van der Waals surface area (Å²) in [5.41, 5.74) is 11.2. The number of carbonyl (C=O) groups excluding carboxylic acids is 3. The van der Waals surface area contributed by atoms with Gasteiger partial charge in [0.25, 0.3) is 11.8 Å². The van der Waals surface area contributed by atoms with E-state index in [2.05, 4.69) is 10.0 Å². The van der Waals surface area contributed by atoms with Gasteiger partial charge in [-0.1, -0.05) is 71.8 Å². The molecule has 4 aromatic rings. The molecule has 50 heavy (non-hydrogen) atoms. The van der Waals surface area contributed by atoms with Crippen LogP contribution in [0.25, 0.3) is 10.4 Å². The highest BCUT2D eigenvalue weighted by Crippen LogP contribution is 2.40. The Hall–Kier alpha value is -5.72. The number of esters is 1. The second-order valence-corrected chi connectivity index (χ2v) is 11.8. The number of azide groups is 1. The van der Waals surface area contributed by atoms with Crippen LogP contribution in [-0.4, -0.2) is 67.0 Å². The zero-order valence-corrected chi connectivity index (χ0v) is 26.9. The first-order chi connectivity index (χ1) is 24.4. The molecule has 0 aliphatic carbocycles. The zero-order valence-electron chi connectivity index (χ0n) is 26.9. The molecule has 0 N–H and O–H groups in total. The van der Waals surface area contributed by atoms with Crippen molar-refractivity contribution in [1.82, 2.24) is 4.90 Å². The molecule has 3 aliphatic rings. The first kappa shape index (κ1) is 32.8. The molecule has 0 bridgehead atoms. The van der Waals surface area contributed by atoms with Crippen LogP contribution in [0, 0.1) is 0 Å². The van der Waals surface area contributed by atoms with E-state index in [0.29, 0.717) is 22.6 Å². The lowest BCUT2D eigenvalue weighted by Crippen LogP contribution is -2.69. The lowest BCUT2D eigenvalue weighted by Gasteiger charge is -2.50. The molecule has 1 unspecified atom stereocenters. The molecule has 0 radical (unpaired) electrons. The van der Waals surface area contributed by atoms with Gasteiger partial charge in [-0.25, -0.2) is 0 Å². The third-order valence-corrected chi connectivity index (χ3v) is 8.84. The molecule has 3 heterocycles. The standard InChI is InChI=1S/C37H32N4O9/c1-45-25-15-17-26(18-16-25)47-37-31(41-34(43)27-13-7-8-14-28(27)35(41)44)33(49-30(42)19-23-11-5-6-12-24(23)20-39-40-38)32-29(48-37)21-46-36(50-32)22-9-3-2-4-10-22/h2-18,29,31-33,36-37H,19-21H2,1H3/t29-,31-,32-,33-,36?,37-/m1/s1. The van der Waals surface area contributed by atoms with Gasteiger partial charge in [0.2, 0.25) is 6.29 Å². The van der Waals surface area contributed by atoms with Crippen LogP contribution in [0.3, 0.4) is 0 Å². The van der Waals surface area contributed by atoms with E-state index >= 15 is 0 Å². The summed E-state index contributed by atoms with van der Waals surface area (Å²) in [4.78, 5) is 45.9. The van der Waals surface area contributed by atoms with E-state index in [4.69, 9.17) is 34.0 Å². The van der Waals surface area contributed by atoms with Gasteiger partial charge >= 0.3 is 5.97 Å². The van der Waals surface area contributed by atoms with Crippen molar-refractivity contribution in [3.63, 3.8) is 0 Å². The van der Waals surface area contributed by atoms with Gasteiger partial charge in [0.1, 0.15) is 29.7 Å². The van der Waals surface area contributed by atoms with Crippen LogP contribution < -0.4 is 9.47 Å². The van der Waals surface area contributed by atoms with E-state index in [1.165, 1.54) is 0 Å². The van der Waals surface area contributed by atoms with Crippen LogP contribution in [0.1, 0.15) is 43.7 Å². The predicted octanol–water partition coefficient (Wildman–Crippen LogP) is 5.54. The molecule has 13 heteroatoms. The molecule has 0 saturated carbocycles. The van der Waals surface area contributed by atoms with Crippen LogP contribution in [0.2, 0.25) is 0 Å². The van der Waals surface area contributed by atoms with Gasteiger partial charge in [-0.2, -0.15) is 0 Å². The highest BCUT2D eigenvalue weighted by Gasteiger charge is 2.58. The Kier molecular flexibility index (Phi) is 9.45. The van der Waals surface area contributed by atoms with E-state index in [9.17, 15) is 14.4 Å². The number of nitrogens with zero attached hydrogens (tertiary/aromatic N) is 4. The topological polar surface area (TPSA) is 159 Å². The molecule has 3 aliphatic heterocycles. The molecule has 4 aromatic carbocycles. The normalized spacial score (nSPS) is 24.1. The second kappa shape index (κ2) is 14.4. The Balaban J connectivity index is 1.28. The Labute approximate surface area is 286 Å². The number of methoxy groups -OCH3 is 1. The molecule has 6 atom stereocenters. The maximum absolute atomic E-state index is 14.0. The fraction of sp³-hybridized carbons (Fsp3) is 0.270. The summed E-state index contributed by atoms with van der Waals surface area (Å²) in [5, 5.41) is 3.65. The number of benzene rings is 4. The maximum atomic E-state index is 14.0. The lowest BCUT2D eigenvalue weighted by atomic mass is 9.93. The third-order valence-electron chi connectivity index (χ3n) is 8.84. The molecule has 7 rings (SSSR count). The number of hydrogen-bond donors (Lipinski definition) is 0. The third kappa shape index (κ3) is 6.50. The Morgan fingerprint density at radius 3 is 2.18 bits per heavy atom. The fourth-order valence-electron chi connectivity index (χ4n) is 6.45. The Bertz CT molecular complexity index is 1900. The van der Waals surface area contributed by atoms with Crippen molar-refractivity contribution in [2.24, 2.45) is 5.11 Å². The summed E-state index contributed by atoms with van der Waals surface area (Å²) in [6.07, 6.45) is -5.41. The number of hydrogen-bond acceptors (Lipinski definition) is 10. The average Bonchev–Trinajstić information content (AvgIpc) is 3.40. The highest BCUT2D eigenvalue weighted by molar-refractivity contribution is 6.21. The van der Waals surface area contributed by atoms with Crippen molar-refractivity contribution in [2.45, 2.75) is 49.9 Å². The molecular formula is C37H32N4O9. The van der Waals surface area contributed by atoms with Crippen LogP contribution in [-0.2, 0) is 36.7 Å². The molecular weight excluding hydrogens is 644 g/mol. The van der Waals surface area contributed by atoms with Crippen molar-refractivity contribution in [3.8, 4) is 11.5 Å². The number of amides is 2. The van der Waals surface area contributed by atoms with Crippen LogP contribution in [0.15, 0.2) is 108 Å². The molecule has 2 saturated heterocycles. The summed E-state index contributed by atoms with van der Waals surface area (Å²) in [5.74, 6) is -0.901. The summed E-state index contributed by atoms with van der Waals surface area (Å²) in [6, 6.07) is 28.2. The van der Waals surface area contributed by atoms with Crippen molar-refractivity contribution in [1.29, 1.82) is 0 Å². The van der Waals surface area contributed by atoms with Crippen molar-refractivity contribution in [2.75, 3.05) is 13.7 Å². The first-order valence-corrected chi connectivity index (χ1v) is 16.0. The minimum atomic E-state index is -1.30. The van der Waals surface area contributed by atoms with Gasteiger partial charge in [0.05, 0.1) is 37.8 Å². The smallest absolute Gasteiger partial charge is 0.310 e. The number of rotatable bonds is 10. The maximum Gasteiger partial charge on any atom is 0.310 e. The quantitative estimate of drug-likeness (QED) is 0.0691. The largest absolute Gasteiger partial charge is 0.497 e. The number of ether oxygens (including phenoxy) is 6. The Morgan fingerprint density at radius 1 is 0.860 bits per heavy atom. The summed E-state index contributed by atoms with van der Waals surface area (Å²) in [7, 11) is 1.54. The molecule has 2 fully saturated rings. The van der Waals surface area contributed by atoms with Gasteiger partial charge in [0, 0.05) is 10.5 Å². The van der Waals surface area contributed by atoms with Gasteiger partial charge in [-0.3, -0.25) is 19.3 Å². The van der Waals surface area contributed by atoms with Gasteiger partial charge in [0.15, 0.2) is 12.4 Å². The minimum absolute atomic E-state index is 0.0323. The van der Waals surface area contributed by atoms with Gasteiger partial charge in [-0.05, 0) is 53.1 Å². The minimum Gasteiger partial charge on any atom is -0.497 e. The van der Waals surface area contributed by atoms with Gasteiger partial charge < -0.3 is 28.4 Å². The molecule has 13 nitrogen and oxygen atoms in total. The van der Waals surface area contributed by atoms with E-state index in [1.807, 2.05) is 30.3 Å². The van der Waals surface area contributed by atoms with Gasteiger partial charge in [-0.15, -0.1) is 0 Å². The summed E-state index contributed by atoms with van der Waals surface area (Å²) >= 11 is 0. The van der Waals surface area contributed by atoms with E-state index < -0.39 is 54.7 Å². The summed E-state index contributed by atoms with van der Waals surface area (Å²) in [6.45, 7) is 0.0706. The van der Waals surface area contributed by atoms with Crippen molar-refractivity contribution >= 4 is 17.8 Å². The van der Waals surface area contributed by atoms with E-state index in [1.54, 1.807) is 79.9 Å². The first-order valence-electron chi connectivity index (χ1n) is 16.0. The van der Waals surface area contributed by atoms with Crippen molar-refractivity contribution < 1.29 is 42.8 Å². The predicted molar refractivity (Wildman–Crippen MR) is 176 cm³/mol. The molecule has 0 spiro atoms. The fourth-order valence-corrected chi connectivity index (χ4v) is 6.45. The van der Waals surface area contributed by atoms with Crippen LogP contribution in [0.5, 0.6) is 11.5 Å². The monoisotopic (exact) mass is 676 g/mol. The second-order valence-electron chi connectivity index (χ2n) is 11.8. The van der Waals surface area contributed by atoms with E-state index in [0.717, 1.165) is 10.5 Å². The SMILES string of the molecule is COc1ccc(O[C@@H]2O[C@@H]3COC(c4ccccc4)O[C@H]3[C@H](OC(=O)Cc3ccccc3CN=[N+]=[N-])[C@H]2N2C(=O)c3ccccc3C2=O)cc1. The highest BCUT2D eigenvalue weighted by atomic mass is 16.8. The summed E-state index contributed by atoms with van der Waals surface area (Å²) < 4.78 is 36.9. The molecule has 2 amide bonds. The average molecular weight is 677 g/mol. The molecule has 254 valence electrons. The van der Waals surface area contributed by atoms with Crippen LogP contribution in [0.4, 0.5) is 0 Å². The molecule has 0 aromatic heterocycles. The van der Waals surface area contributed by atoms with Crippen molar-refractivity contribution in [3.05, 3.63) is 141 Å². The number of imide groups is 1. The lowest BCUT2D eigenvalue weighted by molar-refractivity contribution is -0.339. The van der Waals surface area contributed by atoms with E-state index in [-0.39, 0.29) is 30.7 Å².